The number of carbonyl (C=O) groups is 1. The molecule has 3 rings (SSSR count). The summed E-state index contributed by atoms with van der Waals surface area (Å²) < 4.78 is 0. The molecule has 0 unspecified atom stereocenters. The molecular formula is C23H25NO. The summed E-state index contributed by atoms with van der Waals surface area (Å²) in [7, 11) is 0. The number of aryl methyl sites for hydroxylation is 3. The van der Waals surface area contributed by atoms with Gasteiger partial charge in [-0.15, -0.1) is 0 Å². The fourth-order valence-corrected chi connectivity index (χ4v) is 3.38. The lowest BCUT2D eigenvalue weighted by atomic mass is 9.99. The van der Waals surface area contributed by atoms with Gasteiger partial charge in [-0.2, -0.15) is 0 Å². The molecule has 0 radical (unpaired) electrons. The van der Waals surface area contributed by atoms with Crippen molar-refractivity contribution in [2.24, 2.45) is 0 Å². The van der Waals surface area contributed by atoms with Crippen molar-refractivity contribution < 1.29 is 4.79 Å². The second-order valence-electron chi connectivity index (χ2n) is 6.79. The maximum atomic E-state index is 12.4. The van der Waals surface area contributed by atoms with E-state index in [1.165, 1.54) is 33.0 Å². The molecule has 1 amide bonds. The van der Waals surface area contributed by atoms with Crippen LogP contribution in [0.3, 0.4) is 0 Å². The van der Waals surface area contributed by atoms with Crippen LogP contribution in [0.5, 0.6) is 0 Å². The van der Waals surface area contributed by atoms with Gasteiger partial charge in [0.05, 0.1) is 6.04 Å². The summed E-state index contributed by atoms with van der Waals surface area (Å²) in [5.41, 5.74) is 4.86. The lowest BCUT2D eigenvalue weighted by Gasteiger charge is -2.17. The Kier molecular flexibility index (Phi) is 5.18. The molecule has 0 saturated carbocycles. The van der Waals surface area contributed by atoms with Crippen molar-refractivity contribution in [2.45, 2.75) is 39.7 Å². The highest BCUT2D eigenvalue weighted by molar-refractivity contribution is 5.86. The van der Waals surface area contributed by atoms with Gasteiger partial charge < -0.3 is 5.32 Å². The fourth-order valence-electron chi connectivity index (χ4n) is 3.38. The van der Waals surface area contributed by atoms with Crippen molar-refractivity contribution >= 4 is 16.7 Å². The highest BCUT2D eigenvalue weighted by Crippen LogP contribution is 2.21. The molecule has 1 atom stereocenters. The van der Waals surface area contributed by atoms with Gasteiger partial charge in [0, 0.05) is 6.42 Å². The molecule has 0 aliphatic heterocycles. The summed E-state index contributed by atoms with van der Waals surface area (Å²) in [6.07, 6.45) is 1.26. The van der Waals surface area contributed by atoms with Crippen LogP contribution in [0.1, 0.15) is 41.6 Å². The van der Waals surface area contributed by atoms with Gasteiger partial charge in [0.25, 0.3) is 0 Å². The Morgan fingerprint density at radius 3 is 2.60 bits per heavy atom. The maximum absolute atomic E-state index is 12.4. The van der Waals surface area contributed by atoms with E-state index in [0.29, 0.717) is 6.42 Å². The van der Waals surface area contributed by atoms with E-state index in [-0.39, 0.29) is 11.9 Å². The summed E-state index contributed by atoms with van der Waals surface area (Å²) in [5.74, 6) is 0.0985. The number of hydrogen-bond acceptors (Lipinski definition) is 1. The minimum atomic E-state index is 0.0277. The SMILES string of the molecule is Cc1ccc(C)c([C@H](C)NC(=O)CCc2cccc3ccccc23)c1. The molecule has 128 valence electrons. The molecule has 0 heterocycles. The molecule has 1 N–H and O–H groups in total. The van der Waals surface area contributed by atoms with E-state index >= 15 is 0 Å². The van der Waals surface area contributed by atoms with Gasteiger partial charge in [0.15, 0.2) is 0 Å². The third kappa shape index (κ3) is 4.08. The zero-order chi connectivity index (χ0) is 17.8. The number of amides is 1. The molecule has 0 aliphatic rings. The predicted molar refractivity (Wildman–Crippen MR) is 105 cm³/mol. The Hall–Kier alpha value is -2.61. The highest BCUT2D eigenvalue weighted by atomic mass is 16.1. The van der Waals surface area contributed by atoms with Crippen molar-refractivity contribution in [3.8, 4) is 0 Å². The summed E-state index contributed by atoms with van der Waals surface area (Å²) in [6.45, 7) is 6.23. The predicted octanol–water partition coefficient (Wildman–Crippen LogP) is 5.27. The molecule has 3 aromatic rings. The fraction of sp³-hybridized carbons (Fsp3) is 0.261. The van der Waals surface area contributed by atoms with Crippen LogP contribution in [0.4, 0.5) is 0 Å². The first-order valence-electron chi connectivity index (χ1n) is 8.88. The highest BCUT2D eigenvalue weighted by Gasteiger charge is 2.12. The summed E-state index contributed by atoms with van der Waals surface area (Å²) >= 11 is 0. The van der Waals surface area contributed by atoms with Crippen LogP contribution in [0.15, 0.2) is 60.7 Å². The van der Waals surface area contributed by atoms with Crippen LogP contribution in [0.2, 0.25) is 0 Å². The monoisotopic (exact) mass is 331 g/mol. The molecular weight excluding hydrogens is 306 g/mol. The van der Waals surface area contributed by atoms with Crippen molar-refractivity contribution in [3.63, 3.8) is 0 Å². The van der Waals surface area contributed by atoms with Gasteiger partial charge in [-0.1, -0.05) is 66.2 Å². The van der Waals surface area contributed by atoms with Crippen molar-refractivity contribution in [1.29, 1.82) is 0 Å². The summed E-state index contributed by atoms with van der Waals surface area (Å²) in [4.78, 5) is 12.4. The summed E-state index contributed by atoms with van der Waals surface area (Å²) in [6, 6.07) is 21.0. The molecule has 2 heteroatoms. The second kappa shape index (κ2) is 7.52. The molecule has 3 aromatic carbocycles. The molecule has 0 saturated heterocycles. The zero-order valence-electron chi connectivity index (χ0n) is 15.2. The minimum absolute atomic E-state index is 0.0277. The van der Waals surface area contributed by atoms with Crippen LogP contribution in [-0.4, -0.2) is 5.91 Å². The molecule has 0 aromatic heterocycles. The Morgan fingerprint density at radius 1 is 1.00 bits per heavy atom. The molecule has 0 fully saturated rings. The molecule has 2 nitrogen and oxygen atoms in total. The van der Waals surface area contributed by atoms with Crippen LogP contribution < -0.4 is 5.32 Å². The Balaban J connectivity index is 1.65. The van der Waals surface area contributed by atoms with Crippen LogP contribution >= 0.6 is 0 Å². The Bertz CT molecular complexity index is 892. The van der Waals surface area contributed by atoms with Crippen LogP contribution in [0.25, 0.3) is 10.8 Å². The van der Waals surface area contributed by atoms with Gasteiger partial charge in [0.2, 0.25) is 5.91 Å². The number of fused-ring (bicyclic) bond motifs is 1. The van der Waals surface area contributed by atoms with Crippen LogP contribution in [-0.2, 0) is 11.2 Å². The molecule has 0 bridgehead atoms. The van der Waals surface area contributed by atoms with E-state index in [9.17, 15) is 4.79 Å². The van der Waals surface area contributed by atoms with E-state index in [1.807, 2.05) is 6.07 Å². The maximum Gasteiger partial charge on any atom is 0.220 e. The number of carbonyl (C=O) groups excluding carboxylic acids is 1. The van der Waals surface area contributed by atoms with E-state index in [2.05, 4.69) is 80.7 Å². The standard InChI is InChI=1S/C23H25NO/c1-16-11-12-17(2)22(15-16)18(3)24-23(25)14-13-20-9-6-8-19-7-4-5-10-21(19)20/h4-12,15,18H,13-14H2,1-3H3,(H,24,25)/t18-/m0/s1. The van der Waals surface area contributed by atoms with E-state index < -0.39 is 0 Å². The number of hydrogen-bond donors (Lipinski definition) is 1. The van der Waals surface area contributed by atoms with Gasteiger partial charge in [-0.3, -0.25) is 4.79 Å². The quantitative estimate of drug-likeness (QED) is 0.678. The van der Waals surface area contributed by atoms with Gasteiger partial charge in [-0.05, 0) is 54.7 Å². The van der Waals surface area contributed by atoms with Gasteiger partial charge in [0.1, 0.15) is 0 Å². The van der Waals surface area contributed by atoms with E-state index in [4.69, 9.17) is 0 Å². The topological polar surface area (TPSA) is 29.1 Å². The average molecular weight is 331 g/mol. The third-order valence-corrected chi connectivity index (χ3v) is 4.78. The lowest BCUT2D eigenvalue weighted by molar-refractivity contribution is -0.121. The normalized spacial score (nSPS) is 12.1. The lowest BCUT2D eigenvalue weighted by Crippen LogP contribution is -2.27. The molecule has 0 aliphatic carbocycles. The number of nitrogens with one attached hydrogen (secondary N) is 1. The Labute approximate surface area is 149 Å². The van der Waals surface area contributed by atoms with Crippen molar-refractivity contribution in [3.05, 3.63) is 82.9 Å². The van der Waals surface area contributed by atoms with E-state index in [1.54, 1.807) is 0 Å². The smallest absolute Gasteiger partial charge is 0.220 e. The van der Waals surface area contributed by atoms with E-state index in [0.717, 1.165) is 6.42 Å². The Morgan fingerprint density at radius 2 is 1.76 bits per heavy atom. The average Bonchev–Trinajstić information content (AvgIpc) is 2.61. The van der Waals surface area contributed by atoms with Gasteiger partial charge >= 0.3 is 0 Å². The summed E-state index contributed by atoms with van der Waals surface area (Å²) in [5, 5.41) is 5.61. The largest absolute Gasteiger partial charge is 0.350 e. The first-order valence-corrected chi connectivity index (χ1v) is 8.88. The van der Waals surface area contributed by atoms with Crippen LogP contribution in [0, 0.1) is 13.8 Å². The van der Waals surface area contributed by atoms with Crippen molar-refractivity contribution in [2.75, 3.05) is 0 Å². The van der Waals surface area contributed by atoms with Crippen molar-refractivity contribution in [1.82, 2.24) is 5.32 Å². The molecule has 25 heavy (non-hydrogen) atoms. The zero-order valence-corrected chi connectivity index (χ0v) is 15.2. The second-order valence-corrected chi connectivity index (χ2v) is 6.79. The van der Waals surface area contributed by atoms with Gasteiger partial charge in [-0.25, -0.2) is 0 Å². The number of rotatable bonds is 5. The third-order valence-electron chi connectivity index (χ3n) is 4.78. The molecule has 0 spiro atoms. The first-order chi connectivity index (χ1) is 12.0. The first kappa shape index (κ1) is 17.2. The number of benzene rings is 3. The minimum Gasteiger partial charge on any atom is -0.350 e.